The summed E-state index contributed by atoms with van der Waals surface area (Å²) in [4.78, 5) is 40.3. The first-order chi connectivity index (χ1) is 12.8. The summed E-state index contributed by atoms with van der Waals surface area (Å²) in [5.41, 5.74) is 5.50. The fourth-order valence-electron chi connectivity index (χ4n) is 2.73. The summed E-state index contributed by atoms with van der Waals surface area (Å²) in [6, 6.07) is 7.70. The number of hydrogen-bond donors (Lipinski definition) is 2. The molecule has 0 bridgehead atoms. The molecule has 8 heteroatoms. The highest BCUT2D eigenvalue weighted by Gasteiger charge is 2.20. The molecule has 0 unspecified atom stereocenters. The number of H-pyrrole nitrogens is 1. The molecule has 0 amide bonds. The Labute approximate surface area is 157 Å². The smallest absolute Gasteiger partial charge is 0.329 e. The van der Waals surface area contributed by atoms with Crippen molar-refractivity contribution in [2.75, 3.05) is 32.5 Å². The van der Waals surface area contributed by atoms with Crippen molar-refractivity contribution in [1.82, 2.24) is 14.5 Å². The Morgan fingerprint density at radius 2 is 2.07 bits per heavy atom. The molecule has 0 atom stereocenters. The zero-order valence-electron chi connectivity index (χ0n) is 15.9. The lowest BCUT2D eigenvalue weighted by molar-refractivity contribution is 0.0937. The zero-order valence-corrected chi connectivity index (χ0v) is 15.9. The number of nitrogens with two attached hydrogens (primary N) is 1. The van der Waals surface area contributed by atoms with Gasteiger partial charge in [-0.2, -0.15) is 0 Å². The fourth-order valence-corrected chi connectivity index (χ4v) is 2.73. The molecule has 1 heterocycles. The number of carbonyl (C=O) groups excluding carboxylic acids is 1. The van der Waals surface area contributed by atoms with Crippen molar-refractivity contribution in [3.05, 3.63) is 56.2 Å². The molecule has 0 fully saturated rings. The van der Waals surface area contributed by atoms with Gasteiger partial charge in [-0.1, -0.05) is 19.1 Å². The maximum absolute atomic E-state index is 12.5. The van der Waals surface area contributed by atoms with Crippen molar-refractivity contribution in [3.8, 4) is 5.75 Å². The van der Waals surface area contributed by atoms with Gasteiger partial charge in [0.15, 0.2) is 5.78 Å². The molecule has 0 aliphatic heterocycles. The number of carbonyl (C=O) groups is 1. The Kier molecular flexibility index (Phi) is 6.95. The van der Waals surface area contributed by atoms with Crippen LogP contribution in [0.1, 0.15) is 29.3 Å². The maximum atomic E-state index is 12.5. The van der Waals surface area contributed by atoms with Crippen LogP contribution in [0.4, 0.5) is 5.82 Å². The predicted molar refractivity (Wildman–Crippen MR) is 105 cm³/mol. The molecule has 0 spiro atoms. The van der Waals surface area contributed by atoms with Crippen LogP contribution >= 0.6 is 0 Å². The normalized spacial score (nSPS) is 11.0. The number of likely N-dealkylation sites (N-methyl/N-ethyl adjacent to an activating group) is 1. The molecule has 2 rings (SSSR count). The Hall–Kier alpha value is -2.87. The number of ether oxygens (including phenoxy) is 1. The third kappa shape index (κ3) is 5.30. The van der Waals surface area contributed by atoms with Crippen LogP contribution in [0.15, 0.2) is 33.9 Å². The number of ketones is 1. The molecule has 0 aliphatic rings. The van der Waals surface area contributed by atoms with Gasteiger partial charge in [0.25, 0.3) is 5.56 Å². The van der Waals surface area contributed by atoms with Crippen molar-refractivity contribution in [1.29, 1.82) is 0 Å². The molecular weight excluding hydrogens is 348 g/mol. The standard InChI is InChI=1S/C19H26N4O4/c1-4-8-23-17(20)16(18(25)21-19(23)26)15(24)12-22(3)9-10-27-14-7-5-6-13(2)11-14/h5-7,11H,4,8-10,12,20H2,1-3H3,(H,21,25,26). The largest absolute Gasteiger partial charge is 0.492 e. The first-order valence-corrected chi connectivity index (χ1v) is 8.87. The highest BCUT2D eigenvalue weighted by Crippen LogP contribution is 2.12. The number of Topliss-reactive ketones (excluding diaryl/α,β-unsaturated/α-hetero) is 1. The fraction of sp³-hybridized carbons (Fsp3) is 0.421. The van der Waals surface area contributed by atoms with Crippen molar-refractivity contribution in [2.45, 2.75) is 26.8 Å². The molecule has 0 saturated heterocycles. The van der Waals surface area contributed by atoms with E-state index >= 15 is 0 Å². The Morgan fingerprint density at radius 3 is 2.74 bits per heavy atom. The second-order valence-corrected chi connectivity index (χ2v) is 6.50. The van der Waals surface area contributed by atoms with Crippen molar-refractivity contribution in [2.24, 2.45) is 0 Å². The summed E-state index contributed by atoms with van der Waals surface area (Å²) < 4.78 is 6.89. The highest BCUT2D eigenvalue weighted by molar-refractivity contribution is 6.01. The van der Waals surface area contributed by atoms with E-state index in [4.69, 9.17) is 10.5 Å². The Morgan fingerprint density at radius 1 is 1.33 bits per heavy atom. The quantitative estimate of drug-likeness (QED) is 0.634. The maximum Gasteiger partial charge on any atom is 0.329 e. The number of aromatic amines is 1. The van der Waals surface area contributed by atoms with Crippen LogP contribution in [-0.2, 0) is 6.54 Å². The van der Waals surface area contributed by atoms with Gasteiger partial charge >= 0.3 is 5.69 Å². The van der Waals surface area contributed by atoms with Gasteiger partial charge in [0, 0.05) is 13.1 Å². The molecule has 27 heavy (non-hydrogen) atoms. The number of nitrogens with zero attached hydrogens (tertiary/aromatic N) is 2. The van der Waals surface area contributed by atoms with Crippen LogP contribution in [0.25, 0.3) is 0 Å². The second kappa shape index (κ2) is 9.18. The van der Waals surface area contributed by atoms with E-state index in [-0.39, 0.29) is 17.9 Å². The van der Waals surface area contributed by atoms with Gasteiger partial charge in [-0.3, -0.25) is 24.0 Å². The van der Waals surface area contributed by atoms with E-state index in [1.54, 1.807) is 11.9 Å². The van der Waals surface area contributed by atoms with Gasteiger partial charge in [0.05, 0.1) is 6.54 Å². The van der Waals surface area contributed by atoms with Gasteiger partial charge in [0.2, 0.25) is 0 Å². The molecule has 2 aromatic rings. The van der Waals surface area contributed by atoms with Gasteiger partial charge in [0.1, 0.15) is 23.7 Å². The number of aryl methyl sites for hydroxylation is 1. The lowest BCUT2D eigenvalue weighted by Gasteiger charge is -2.17. The lowest BCUT2D eigenvalue weighted by atomic mass is 10.2. The number of benzene rings is 1. The van der Waals surface area contributed by atoms with Crippen LogP contribution in [0.5, 0.6) is 5.75 Å². The summed E-state index contributed by atoms with van der Waals surface area (Å²) in [5.74, 6) is 0.249. The van der Waals surface area contributed by atoms with E-state index in [0.717, 1.165) is 11.3 Å². The molecule has 0 saturated carbocycles. The summed E-state index contributed by atoms with van der Waals surface area (Å²) >= 11 is 0. The van der Waals surface area contributed by atoms with Crippen LogP contribution in [0, 0.1) is 6.92 Å². The first-order valence-electron chi connectivity index (χ1n) is 8.87. The Bertz CT molecular complexity index is 917. The van der Waals surface area contributed by atoms with Crippen LogP contribution in [0.3, 0.4) is 0 Å². The monoisotopic (exact) mass is 374 g/mol. The van der Waals surface area contributed by atoms with E-state index in [2.05, 4.69) is 4.98 Å². The summed E-state index contributed by atoms with van der Waals surface area (Å²) in [6.45, 7) is 5.08. The molecule has 146 valence electrons. The summed E-state index contributed by atoms with van der Waals surface area (Å²) in [6.07, 6.45) is 0.653. The molecule has 0 aliphatic carbocycles. The molecule has 8 nitrogen and oxygen atoms in total. The minimum absolute atomic E-state index is 0.00517. The molecular formula is C19H26N4O4. The number of aromatic nitrogens is 2. The average Bonchev–Trinajstić information content (AvgIpc) is 2.58. The number of rotatable bonds is 9. The van der Waals surface area contributed by atoms with E-state index in [1.165, 1.54) is 4.57 Å². The van der Waals surface area contributed by atoms with Gasteiger partial charge in [-0.05, 0) is 38.1 Å². The van der Waals surface area contributed by atoms with Crippen LogP contribution < -0.4 is 21.7 Å². The van der Waals surface area contributed by atoms with Crippen LogP contribution in [-0.4, -0.2) is 47.0 Å². The molecule has 3 N–H and O–H groups in total. The predicted octanol–water partition coefficient (Wildman–Crippen LogP) is 1.03. The number of hydrogen-bond acceptors (Lipinski definition) is 6. The summed E-state index contributed by atoms with van der Waals surface area (Å²) in [7, 11) is 1.75. The topological polar surface area (TPSA) is 110 Å². The number of anilines is 1. The lowest BCUT2D eigenvalue weighted by Crippen LogP contribution is -2.39. The number of nitrogens with one attached hydrogen (secondary N) is 1. The van der Waals surface area contributed by atoms with E-state index in [0.29, 0.717) is 26.1 Å². The Balaban J connectivity index is 2.01. The first kappa shape index (κ1) is 20.4. The van der Waals surface area contributed by atoms with Gasteiger partial charge in [-0.15, -0.1) is 0 Å². The molecule has 1 aromatic carbocycles. The van der Waals surface area contributed by atoms with Crippen molar-refractivity contribution < 1.29 is 9.53 Å². The number of nitrogen functional groups attached to an aromatic ring is 1. The third-order valence-corrected chi connectivity index (χ3v) is 4.11. The zero-order chi connectivity index (χ0) is 20.0. The highest BCUT2D eigenvalue weighted by atomic mass is 16.5. The van der Waals surface area contributed by atoms with Crippen molar-refractivity contribution in [3.63, 3.8) is 0 Å². The van der Waals surface area contributed by atoms with E-state index in [9.17, 15) is 14.4 Å². The molecule has 0 radical (unpaired) electrons. The third-order valence-electron chi connectivity index (χ3n) is 4.11. The minimum Gasteiger partial charge on any atom is -0.492 e. The average molecular weight is 374 g/mol. The van der Waals surface area contributed by atoms with E-state index < -0.39 is 17.0 Å². The van der Waals surface area contributed by atoms with Gasteiger partial charge in [-0.25, -0.2) is 4.79 Å². The van der Waals surface area contributed by atoms with Gasteiger partial charge < -0.3 is 10.5 Å². The van der Waals surface area contributed by atoms with E-state index in [1.807, 2.05) is 38.1 Å². The molecule has 1 aromatic heterocycles. The second-order valence-electron chi connectivity index (χ2n) is 6.50. The van der Waals surface area contributed by atoms with Crippen LogP contribution in [0.2, 0.25) is 0 Å². The summed E-state index contributed by atoms with van der Waals surface area (Å²) in [5, 5.41) is 0. The minimum atomic E-state index is -0.751. The SMILES string of the molecule is CCCn1c(N)c(C(=O)CN(C)CCOc2cccc(C)c2)c(=O)[nH]c1=O. The van der Waals surface area contributed by atoms with Crippen molar-refractivity contribution >= 4 is 11.6 Å².